The third kappa shape index (κ3) is 3.91. The molecule has 0 saturated carbocycles. The van der Waals surface area contributed by atoms with Crippen molar-refractivity contribution in [2.24, 2.45) is 0 Å². The summed E-state index contributed by atoms with van der Waals surface area (Å²) in [6, 6.07) is 8.54. The van der Waals surface area contributed by atoms with E-state index in [0.29, 0.717) is 0 Å². The first kappa shape index (κ1) is 20.0. The summed E-state index contributed by atoms with van der Waals surface area (Å²) in [6.45, 7) is 12.6. The number of carbonyl (C=O) groups excluding carboxylic acids is 1. The maximum Gasteiger partial charge on any atom is 0.264 e. The van der Waals surface area contributed by atoms with Crippen molar-refractivity contribution in [1.82, 2.24) is 19.8 Å². The van der Waals surface area contributed by atoms with Crippen LogP contribution in [0.1, 0.15) is 44.8 Å². The van der Waals surface area contributed by atoms with Gasteiger partial charge in [-0.1, -0.05) is 31.2 Å². The summed E-state index contributed by atoms with van der Waals surface area (Å²) in [5.74, 6) is 0.985. The van der Waals surface area contributed by atoms with Gasteiger partial charge in [-0.15, -0.1) is 11.3 Å². The zero-order valence-corrected chi connectivity index (χ0v) is 18.5. The molecule has 1 saturated heterocycles. The van der Waals surface area contributed by atoms with Crippen molar-refractivity contribution in [1.29, 1.82) is 0 Å². The zero-order chi connectivity index (χ0) is 20.5. The van der Waals surface area contributed by atoms with Gasteiger partial charge in [-0.05, 0) is 37.5 Å². The molecule has 0 radical (unpaired) electrons. The molecule has 0 bridgehead atoms. The van der Waals surface area contributed by atoms with Gasteiger partial charge in [0.05, 0.1) is 4.88 Å². The minimum absolute atomic E-state index is 0.137. The number of nitrogens with zero attached hydrogens (tertiary/aromatic N) is 4. The van der Waals surface area contributed by atoms with Crippen molar-refractivity contribution in [2.45, 2.75) is 40.7 Å². The lowest BCUT2D eigenvalue weighted by Gasteiger charge is -2.35. The topological polar surface area (TPSA) is 49.3 Å². The number of amides is 1. The Hall–Kier alpha value is -2.31. The fourth-order valence-corrected chi connectivity index (χ4v) is 5.26. The molecule has 0 aliphatic carbocycles. The Balaban J connectivity index is 1.48. The predicted octanol–water partition coefficient (Wildman–Crippen LogP) is 4.14. The van der Waals surface area contributed by atoms with Gasteiger partial charge >= 0.3 is 0 Å². The summed E-state index contributed by atoms with van der Waals surface area (Å²) in [6.07, 6.45) is 0.805. The van der Waals surface area contributed by atoms with Crippen LogP contribution in [0.3, 0.4) is 0 Å². The molecule has 29 heavy (non-hydrogen) atoms. The lowest BCUT2D eigenvalue weighted by Crippen LogP contribution is -2.48. The fourth-order valence-electron chi connectivity index (χ4n) is 4.04. The first-order valence-corrected chi connectivity index (χ1v) is 11.1. The van der Waals surface area contributed by atoms with E-state index in [1.807, 2.05) is 18.7 Å². The smallest absolute Gasteiger partial charge is 0.264 e. The van der Waals surface area contributed by atoms with Crippen molar-refractivity contribution in [3.8, 4) is 0 Å². The maximum atomic E-state index is 13.2. The van der Waals surface area contributed by atoms with Gasteiger partial charge in [0.2, 0.25) is 0 Å². The fraction of sp³-hybridized carbons (Fsp3) is 0.435. The van der Waals surface area contributed by atoms with Crippen molar-refractivity contribution >= 4 is 27.5 Å². The Morgan fingerprint density at radius 2 is 1.79 bits per heavy atom. The third-order valence-corrected chi connectivity index (χ3v) is 7.02. The molecule has 1 aliphatic heterocycles. The molecule has 0 atom stereocenters. The summed E-state index contributed by atoms with van der Waals surface area (Å²) < 4.78 is 0. The molecule has 0 N–H and O–H groups in total. The van der Waals surface area contributed by atoms with Gasteiger partial charge in [0.25, 0.3) is 5.91 Å². The average Bonchev–Trinajstić information content (AvgIpc) is 3.06. The number of hydrogen-bond donors (Lipinski definition) is 0. The lowest BCUT2D eigenvalue weighted by atomic mass is 10.1. The molecule has 0 spiro atoms. The Kier molecular flexibility index (Phi) is 5.65. The number of aryl methyl sites for hydroxylation is 4. The number of thiophene rings is 1. The predicted molar refractivity (Wildman–Crippen MR) is 119 cm³/mol. The van der Waals surface area contributed by atoms with Crippen LogP contribution in [0.15, 0.2) is 24.3 Å². The number of benzene rings is 1. The normalized spacial score (nSPS) is 15.2. The molecule has 1 amide bonds. The van der Waals surface area contributed by atoms with E-state index in [1.54, 1.807) is 0 Å². The van der Waals surface area contributed by atoms with Crippen LogP contribution in [0.5, 0.6) is 0 Å². The Morgan fingerprint density at radius 3 is 2.48 bits per heavy atom. The molecule has 3 aromatic rings. The lowest BCUT2D eigenvalue weighted by molar-refractivity contribution is 0.0632. The van der Waals surface area contributed by atoms with E-state index in [4.69, 9.17) is 0 Å². The molecule has 3 heterocycles. The van der Waals surface area contributed by atoms with Gasteiger partial charge in [-0.25, -0.2) is 9.97 Å². The standard InChI is InChI=1S/C23H28N4OS/c1-5-19-24-17(4)20-16(3)21(29-22(20)25-19)23(28)27-12-10-26(11-13-27)14-18-9-7-6-8-15(18)2/h6-9H,5,10-14H2,1-4H3. The van der Waals surface area contributed by atoms with Gasteiger partial charge in [0, 0.05) is 50.2 Å². The van der Waals surface area contributed by atoms with E-state index in [-0.39, 0.29) is 5.91 Å². The van der Waals surface area contributed by atoms with Gasteiger partial charge < -0.3 is 4.90 Å². The van der Waals surface area contributed by atoms with E-state index in [9.17, 15) is 4.79 Å². The molecule has 2 aromatic heterocycles. The number of rotatable bonds is 4. The minimum atomic E-state index is 0.137. The quantitative estimate of drug-likeness (QED) is 0.651. The van der Waals surface area contributed by atoms with Gasteiger partial charge in [-0.2, -0.15) is 0 Å². The second-order valence-corrected chi connectivity index (χ2v) is 8.81. The van der Waals surface area contributed by atoms with E-state index in [0.717, 1.165) is 71.3 Å². The van der Waals surface area contributed by atoms with Crippen LogP contribution in [-0.4, -0.2) is 51.9 Å². The van der Waals surface area contributed by atoms with Gasteiger partial charge in [0.15, 0.2) is 0 Å². The van der Waals surface area contributed by atoms with Crippen molar-refractivity contribution in [2.75, 3.05) is 26.2 Å². The molecule has 1 fully saturated rings. The average molecular weight is 409 g/mol. The number of hydrogen-bond acceptors (Lipinski definition) is 5. The summed E-state index contributed by atoms with van der Waals surface area (Å²) >= 11 is 1.52. The summed E-state index contributed by atoms with van der Waals surface area (Å²) in [5.41, 5.74) is 4.70. The van der Waals surface area contributed by atoms with E-state index in [2.05, 4.69) is 53.0 Å². The summed E-state index contributed by atoms with van der Waals surface area (Å²) in [7, 11) is 0. The number of piperazine rings is 1. The second-order valence-electron chi connectivity index (χ2n) is 7.81. The van der Waals surface area contributed by atoms with E-state index < -0.39 is 0 Å². The molecule has 152 valence electrons. The van der Waals surface area contributed by atoms with Crippen LogP contribution >= 0.6 is 11.3 Å². The number of aromatic nitrogens is 2. The first-order valence-electron chi connectivity index (χ1n) is 10.3. The number of fused-ring (bicyclic) bond motifs is 1. The van der Waals surface area contributed by atoms with Crippen molar-refractivity contribution in [3.63, 3.8) is 0 Å². The monoisotopic (exact) mass is 408 g/mol. The molecule has 6 heteroatoms. The molecule has 0 unspecified atom stereocenters. The highest BCUT2D eigenvalue weighted by Gasteiger charge is 2.26. The number of carbonyl (C=O) groups is 1. The van der Waals surface area contributed by atoms with Crippen LogP contribution in [0, 0.1) is 20.8 Å². The third-order valence-electron chi connectivity index (χ3n) is 5.84. The summed E-state index contributed by atoms with van der Waals surface area (Å²) in [5, 5.41) is 1.05. The van der Waals surface area contributed by atoms with E-state index >= 15 is 0 Å². The van der Waals surface area contributed by atoms with Crippen molar-refractivity contribution < 1.29 is 4.79 Å². The molecule has 1 aliphatic rings. The van der Waals surface area contributed by atoms with Crippen LogP contribution in [0.25, 0.3) is 10.2 Å². The largest absolute Gasteiger partial charge is 0.335 e. The molecular weight excluding hydrogens is 380 g/mol. The van der Waals surface area contributed by atoms with Gasteiger partial charge in [0.1, 0.15) is 10.7 Å². The highest BCUT2D eigenvalue weighted by atomic mass is 32.1. The highest BCUT2D eigenvalue weighted by Crippen LogP contribution is 2.32. The van der Waals surface area contributed by atoms with Crippen molar-refractivity contribution in [3.05, 3.63) is 57.4 Å². The first-order chi connectivity index (χ1) is 14.0. The van der Waals surface area contributed by atoms with Gasteiger partial charge in [-0.3, -0.25) is 9.69 Å². The second kappa shape index (κ2) is 8.20. The highest BCUT2D eigenvalue weighted by molar-refractivity contribution is 7.20. The SMILES string of the molecule is CCc1nc(C)c2c(C)c(C(=O)N3CCN(Cc4ccccc4C)CC3)sc2n1. The van der Waals surface area contributed by atoms with Crippen LogP contribution < -0.4 is 0 Å². The minimum Gasteiger partial charge on any atom is -0.335 e. The van der Waals surface area contributed by atoms with Crippen LogP contribution in [0.4, 0.5) is 0 Å². The Morgan fingerprint density at radius 1 is 1.07 bits per heavy atom. The Bertz CT molecular complexity index is 1050. The molecule has 4 rings (SSSR count). The van der Waals surface area contributed by atoms with E-state index in [1.165, 1.54) is 22.5 Å². The molecule has 1 aromatic carbocycles. The molecular formula is C23H28N4OS. The Labute approximate surface area is 176 Å². The maximum absolute atomic E-state index is 13.2. The van der Waals surface area contributed by atoms with Crippen LogP contribution in [-0.2, 0) is 13.0 Å². The van der Waals surface area contributed by atoms with Crippen LogP contribution in [0.2, 0.25) is 0 Å². The zero-order valence-electron chi connectivity index (χ0n) is 17.7. The molecule has 5 nitrogen and oxygen atoms in total. The summed E-state index contributed by atoms with van der Waals surface area (Å²) in [4.78, 5) is 28.7.